The van der Waals surface area contributed by atoms with Gasteiger partial charge in [-0.25, -0.2) is 4.79 Å². The molecule has 2 aromatic rings. The van der Waals surface area contributed by atoms with Gasteiger partial charge in [0.15, 0.2) is 11.5 Å². The molecular weight excluding hydrogens is 518 g/mol. The molecule has 0 saturated carbocycles. The highest BCUT2D eigenvalue weighted by Crippen LogP contribution is 2.46. The number of anilines is 1. The Hall–Kier alpha value is -4.15. The summed E-state index contributed by atoms with van der Waals surface area (Å²) in [5.41, 5.74) is 1.33. The van der Waals surface area contributed by atoms with Crippen molar-refractivity contribution in [1.29, 1.82) is 0 Å². The molecule has 216 valence electrons. The molecule has 11 heteroatoms. The van der Waals surface area contributed by atoms with Crippen molar-refractivity contribution in [2.75, 3.05) is 66.1 Å². The highest BCUT2D eigenvalue weighted by Gasteiger charge is 2.44. The molecule has 11 nitrogen and oxygen atoms in total. The summed E-state index contributed by atoms with van der Waals surface area (Å²) in [6, 6.07) is 10.3. The van der Waals surface area contributed by atoms with E-state index in [2.05, 4.69) is 0 Å². The Morgan fingerprint density at radius 2 is 1.45 bits per heavy atom. The first-order valence-corrected chi connectivity index (χ1v) is 13.3. The van der Waals surface area contributed by atoms with E-state index in [1.165, 1.54) is 21.3 Å². The van der Waals surface area contributed by atoms with Gasteiger partial charge in [0.1, 0.15) is 5.75 Å². The number of hydrogen-bond donors (Lipinski definition) is 0. The molecule has 2 fully saturated rings. The van der Waals surface area contributed by atoms with E-state index >= 15 is 0 Å². The lowest BCUT2D eigenvalue weighted by Crippen LogP contribution is -2.55. The van der Waals surface area contributed by atoms with Gasteiger partial charge in [0.05, 0.1) is 52.7 Å². The average Bonchev–Trinajstić information content (AvgIpc) is 3.00. The van der Waals surface area contributed by atoms with Crippen LogP contribution in [0.4, 0.5) is 10.5 Å². The Labute approximate surface area is 234 Å². The molecule has 0 bridgehead atoms. The second-order valence-corrected chi connectivity index (χ2v) is 9.52. The number of amides is 3. The lowest BCUT2D eigenvalue weighted by atomic mass is 9.82. The number of methoxy groups -OCH3 is 4. The number of benzene rings is 2. The molecule has 0 aliphatic carbocycles. The molecule has 2 aromatic carbocycles. The van der Waals surface area contributed by atoms with Gasteiger partial charge >= 0.3 is 6.09 Å². The quantitative estimate of drug-likeness (QED) is 0.487. The zero-order chi connectivity index (χ0) is 28.8. The first-order valence-electron chi connectivity index (χ1n) is 13.3. The summed E-state index contributed by atoms with van der Waals surface area (Å²) in [5.74, 6) is 1.19. The third-order valence-electron chi connectivity index (χ3n) is 7.42. The molecule has 2 aliphatic rings. The monoisotopic (exact) mass is 555 g/mol. The van der Waals surface area contributed by atoms with Crippen LogP contribution >= 0.6 is 0 Å². The van der Waals surface area contributed by atoms with E-state index in [4.69, 9.17) is 23.7 Å². The van der Waals surface area contributed by atoms with E-state index in [0.29, 0.717) is 67.9 Å². The Kier molecular flexibility index (Phi) is 9.23. The molecule has 2 aliphatic heterocycles. The van der Waals surface area contributed by atoms with Crippen LogP contribution < -0.4 is 23.8 Å². The Balaban J connectivity index is 1.72. The van der Waals surface area contributed by atoms with E-state index in [1.807, 2.05) is 24.3 Å². The largest absolute Gasteiger partial charge is 0.497 e. The van der Waals surface area contributed by atoms with Crippen LogP contribution in [-0.2, 0) is 14.3 Å². The van der Waals surface area contributed by atoms with Crippen molar-refractivity contribution in [3.8, 4) is 23.0 Å². The molecule has 0 aromatic heterocycles. The maximum atomic E-state index is 14.1. The van der Waals surface area contributed by atoms with Crippen molar-refractivity contribution in [3.05, 3.63) is 42.0 Å². The fraction of sp³-hybridized carbons (Fsp3) is 0.483. The third-order valence-corrected chi connectivity index (χ3v) is 7.42. The summed E-state index contributed by atoms with van der Waals surface area (Å²) < 4.78 is 27.1. The SMILES string of the molecule is CCOC(=O)N1CCN(C(=O)C2CCC(=O)N(c3cc(OC)c(OC)c(OC)c3)C2c2ccc(OC)cc2)CC1. The van der Waals surface area contributed by atoms with Crippen molar-refractivity contribution < 1.29 is 38.1 Å². The minimum absolute atomic E-state index is 0.0609. The number of carbonyl (C=O) groups is 3. The van der Waals surface area contributed by atoms with E-state index in [9.17, 15) is 14.4 Å². The van der Waals surface area contributed by atoms with Gasteiger partial charge in [-0.3, -0.25) is 9.59 Å². The zero-order valence-corrected chi connectivity index (χ0v) is 23.7. The lowest BCUT2D eigenvalue weighted by molar-refractivity contribution is -0.140. The zero-order valence-electron chi connectivity index (χ0n) is 23.7. The maximum absolute atomic E-state index is 14.1. The number of piperidine rings is 1. The summed E-state index contributed by atoms with van der Waals surface area (Å²) in [6.45, 7) is 3.62. The average molecular weight is 556 g/mol. The van der Waals surface area contributed by atoms with Crippen molar-refractivity contribution in [1.82, 2.24) is 9.80 Å². The maximum Gasteiger partial charge on any atom is 0.409 e. The summed E-state index contributed by atoms with van der Waals surface area (Å²) in [6.07, 6.45) is 0.221. The minimum atomic E-state index is -0.592. The highest BCUT2D eigenvalue weighted by molar-refractivity contribution is 5.98. The molecule has 3 amide bonds. The number of hydrogen-bond acceptors (Lipinski definition) is 8. The van der Waals surface area contributed by atoms with Gasteiger partial charge < -0.3 is 38.4 Å². The van der Waals surface area contributed by atoms with E-state index in [1.54, 1.807) is 40.9 Å². The van der Waals surface area contributed by atoms with Gasteiger partial charge in [0.25, 0.3) is 0 Å². The number of piperazine rings is 1. The normalized spacial score (nSPS) is 19.2. The van der Waals surface area contributed by atoms with Gasteiger partial charge in [-0.05, 0) is 31.0 Å². The van der Waals surface area contributed by atoms with Crippen LogP contribution in [0.25, 0.3) is 0 Å². The van der Waals surface area contributed by atoms with Gasteiger partial charge in [-0.2, -0.15) is 0 Å². The molecule has 40 heavy (non-hydrogen) atoms. The summed E-state index contributed by atoms with van der Waals surface area (Å²) >= 11 is 0. The molecule has 4 rings (SSSR count). The van der Waals surface area contributed by atoms with Crippen LogP contribution in [0.5, 0.6) is 23.0 Å². The second-order valence-electron chi connectivity index (χ2n) is 9.52. The first-order chi connectivity index (χ1) is 19.4. The van der Waals surface area contributed by atoms with Crippen LogP contribution in [0.1, 0.15) is 31.4 Å². The molecule has 2 heterocycles. The molecule has 0 radical (unpaired) electrons. The highest BCUT2D eigenvalue weighted by atomic mass is 16.6. The number of nitrogens with zero attached hydrogens (tertiary/aromatic N) is 3. The lowest BCUT2D eigenvalue weighted by Gasteiger charge is -2.43. The molecular formula is C29H37N3O8. The Morgan fingerprint density at radius 3 is 1.98 bits per heavy atom. The summed E-state index contributed by atoms with van der Waals surface area (Å²) in [4.78, 5) is 44.9. The standard InChI is InChI=1S/C29H37N3O8/c1-6-40-29(35)31-15-13-30(14-16-31)28(34)22-11-12-25(33)32(26(22)19-7-9-21(36-2)10-8-19)20-17-23(37-3)27(39-5)24(18-20)38-4/h7-10,17-18,22,26H,6,11-16H2,1-5H3. The van der Waals surface area contributed by atoms with Crippen LogP contribution in [0.3, 0.4) is 0 Å². The Bertz CT molecular complexity index is 1190. The number of ether oxygens (including phenoxy) is 5. The number of carbonyl (C=O) groups excluding carboxylic acids is 3. The topological polar surface area (TPSA) is 107 Å². The first kappa shape index (κ1) is 28.8. The minimum Gasteiger partial charge on any atom is -0.497 e. The van der Waals surface area contributed by atoms with Gasteiger partial charge in [-0.1, -0.05) is 12.1 Å². The molecule has 2 unspecified atom stereocenters. The van der Waals surface area contributed by atoms with Crippen molar-refractivity contribution >= 4 is 23.6 Å². The van der Waals surface area contributed by atoms with E-state index in [-0.39, 0.29) is 24.3 Å². The fourth-order valence-corrected chi connectivity index (χ4v) is 5.40. The van der Waals surface area contributed by atoms with Crippen LogP contribution in [0, 0.1) is 5.92 Å². The van der Waals surface area contributed by atoms with E-state index < -0.39 is 12.0 Å². The molecule has 2 saturated heterocycles. The smallest absolute Gasteiger partial charge is 0.409 e. The predicted molar refractivity (Wildman–Crippen MR) is 147 cm³/mol. The van der Waals surface area contributed by atoms with Gasteiger partial charge in [0, 0.05) is 44.7 Å². The third kappa shape index (κ3) is 5.73. The van der Waals surface area contributed by atoms with E-state index in [0.717, 1.165) is 5.56 Å². The van der Waals surface area contributed by atoms with Crippen molar-refractivity contribution in [2.45, 2.75) is 25.8 Å². The number of rotatable bonds is 8. The molecule has 0 N–H and O–H groups in total. The van der Waals surface area contributed by atoms with Crippen LogP contribution in [-0.4, -0.2) is 88.9 Å². The predicted octanol–water partition coefficient (Wildman–Crippen LogP) is 3.51. The summed E-state index contributed by atoms with van der Waals surface area (Å²) in [5, 5.41) is 0. The molecule has 0 spiro atoms. The summed E-state index contributed by atoms with van der Waals surface area (Å²) in [7, 11) is 6.14. The Morgan fingerprint density at radius 1 is 0.850 bits per heavy atom. The van der Waals surface area contributed by atoms with Crippen molar-refractivity contribution in [2.24, 2.45) is 5.92 Å². The van der Waals surface area contributed by atoms with Crippen LogP contribution in [0.2, 0.25) is 0 Å². The second kappa shape index (κ2) is 12.8. The van der Waals surface area contributed by atoms with Gasteiger partial charge in [-0.15, -0.1) is 0 Å². The van der Waals surface area contributed by atoms with Gasteiger partial charge in [0.2, 0.25) is 17.6 Å². The molecule has 2 atom stereocenters. The van der Waals surface area contributed by atoms with Crippen molar-refractivity contribution in [3.63, 3.8) is 0 Å². The fourth-order valence-electron chi connectivity index (χ4n) is 5.40. The van der Waals surface area contributed by atoms with Crippen LogP contribution in [0.15, 0.2) is 36.4 Å².